The van der Waals surface area contributed by atoms with Crippen molar-refractivity contribution in [1.82, 2.24) is 0 Å². The zero-order valence-corrected chi connectivity index (χ0v) is 16.7. The van der Waals surface area contributed by atoms with Crippen LogP contribution in [0.4, 0.5) is 0 Å². The summed E-state index contributed by atoms with van der Waals surface area (Å²) in [6.07, 6.45) is 20.4. The second kappa shape index (κ2) is 6.11. The Bertz CT molecular complexity index is 609. The van der Waals surface area contributed by atoms with E-state index < -0.39 is 0 Å². The fourth-order valence-corrected chi connectivity index (χ4v) is 8.75. The lowest BCUT2D eigenvalue weighted by atomic mass is 9.44. The van der Waals surface area contributed by atoms with Crippen LogP contribution in [0.25, 0.3) is 0 Å². The molecule has 0 N–H and O–H groups in total. The predicted molar refractivity (Wildman–Crippen MR) is 103 cm³/mol. The van der Waals surface area contributed by atoms with Crippen LogP contribution in [0.5, 0.6) is 0 Å². The molecule has 2 nitrogen and oxygen atoms in total. The van der Waals surface area contributed by atoms with Gasteiger partial charge in [0.25, 0.3) is 0 Å². The van der Waals surface area contributed by atoms with Crippen molar-refractivity contribution in [3.8, 4) is 0 Å². The van der Waals surface area contributed by atoms with Crippen molar-refractivity contribution < 1.29 is 9.53 Å². The Morgan fingerprint density at radius 1 is 0.962 bits per heavy atom. The smallest absolute Gasteiger partial charge is 0.302 e. The van der Waals surface area contributed by atoms with E-state index in [1.807, 2.05) is 0 Å². The molecule has 5 rings (SSSR count). The summed E-state index contributed by atoms with van der Waals surface area (Å²) in [7, 11) is 0. The van der Waals surface area contributed by atoms with Crippen molar-refractivity contribution in [3.05, 3.63) is 12.2 Å². The third-order valence-corrected chi connectivity index (χ3v) is 9.82. The Morgan fingerprint density at radius 2 is 1.81 bits per heavy atom. The fourth-order valence-electron chi connectivity index (χ4n) is 8.75. The highest BCUT2D eigenvalue weighted by Crippen LogP contribution is 2.69. The largest absolute Gasteiger partial charge is 0.463 e. The normalized spacial score (nSPS) is 52.4. The van der Waals surface area contributed by atoms with Gasteiger partial charge in [0.05, 0.1) is 0 Å². The minimum Gasteiger partial charge on any atom is -0.463 e. The van der Waals surface area contributed by atoms with E-state index in [4.69, 9.17) is 4.74 Å². The lowest BCUT2D eigenvalue weighted by Crippen LogP contribution is -2.54. The fraction of sp³-hybridized carbons (Fsp3) is 0.875. The van der Waals surface area contributed by atoms with E-state index in [-0.39, 0.29) is 12.1 Å². The van der Waals surface area contributed by atoms with Crippen LogP contribution in [0.2, 0.25) is 0 Å². The van der Waals surface area contributed by atoms with E-state index >= 15 is 0 Å². The average molecular weight is 357 g/mol. The maximum absolute atomic E-state index is 11.4. The van der Waals surface area contributed by atoms with Crippen molar-refractivity contribution in [2.24, 2.45) is 40.4 Å². The quantitative estimate of drug-likeness (QED) is 0.431. The standard InChI is InChI=1S/C24H36O2/c1-16(25)26-19-10-13-23(2)18(15-19)6-8-20-21(23)11-14-24-12-4-3-5-17(24)7-9-22(20)24/h4,12,17-22H,3,5-11,13-15H2,1-2H3/t17-,18-,19+,20+,21-,22-,23-,24?/m0/s1. The molecule has 2 heteroatoms. The molecule has 4 saturated carbocycles. The summed E-state index contributed by atoms with van der Waals surface area (Å²) >= 11 is 0. The number of esters is 1. The summed E-state index contributed by atoms with van der Waals surface area (Å²) in [5, 5.41) is 0. The van der Waals surface area contributed by atoms with Gasteiger partial charge in [-0.15, -0.1) is 0 Å². The van der Waals surface area contributed by atoms with Gasteiger partial charge < -0.3 is 4.74 Å². The van der Waals surface area contributed by atoms with Gasteiger partial charge in [-0.05, 0) is 111 Å². The zero-order valence-electron chi connectivity index (χ0n) is 16.7. The first-order valence-corrected chi connectivity index (χ1v) is 11.4. The Labute approximate surface area is 159 Å². The number of carbonyl (C=O) groups excluding carboxylic acids is 1. The van der Waals surface area contributed by atoms with Crippen LogP contribution in [0.15, 0.2) is 12.2 Å². The van der Waals surface area contributed by atoms with E-state index in [0.717, 1.165) is 42.4 Å². The topological polar surface area (TPSA) is 26.3 Å². The lowest BCUT2D eigenvalue weighted by Gasteiger charge is -2.61. The molecule has 0 radical (unpaired) electrons. The number of hydrogen-bond donors (Lipinski definition) is 0. The van der Waals surface area contributed by atoms with Gasteiger partial charge in [0.2, 0.25) is 0 Å². The highest BCUT2D eigenvalue weighted by molar-refractivity contribution is 5.66. The molecule has 0 heterocycles. The van der Waals surface area contributed by atoms with E-state index in [2.05, 4.69) is 19.1 Å². The van der Waals surface area contributed by atoms with Gasteiger partial charge in [-0.25, -0.2) is 0 Å². The van der Waals surface area contributed by atoms with Gasteiger partial charge in [0, 0.05) is 6.92 Å². The molecule has 26 heavy (non-hydrogen) atoms. The van der Waals surface area contributed by atoms with Gasteiger partial charge in [-0.1, -0.05) is 19.1 Å². The Morgan fingerprint density at radius 3 is 2.65 bits per heavy atom. The molecule has 8 atom stereocenters. The molecule has 0 saturated heterocycles. The Hall–Kier alpha value is -0.790. The summed E-state index contributed by atoms with van der Waals surface area (Å²) in [5.74, 6) is 4.52. The molecule has 4 fully saturated rings. The maximum Gasteiger partial charge on any atom is 0.302 e. The number of hydrogen-bond acceptors (Lipinski definition) is 2. The molecule has 1 spiro atoms. The summed E-state index contributed by atoms with van der Waals surface area (Å²) in [5.41, 5.74) is 1.08. The van der Waals surface area contributed by atoms with Gasteiger partial charge in [0.15, 0.2) is 0 Å². The highest BCUT2D eigenvalue weighted by atomic mass is 16.5. The second-order valence-electron chi connectivity index (χ2n) is 10.6. The van der Waals surface area contributed by atoms with Gasteiger partial charge in [-0.2, -0.15) is 0 Å². The molecule has 0 aromatic carbocycles. The van der Waals surface area contributed by atoms with Crippen LogP contribution in [0.1, 0.15) is 84.5 Å². The van der Waals surface area contributed by atoms with Crippen LogP contribution in [-0.2, 0) is 9.53 Å². The minimum atomic E-state index is -0.0898. The van der Waals surface area contributed by atoms with Crippen LogP contribution in [-0.4, -0.2) is 12.1 Å². The summed E-state index contributed by atoms with van der Waals surface area (Å²) in [6, 6.07) is 0. The predicted octanol–water partition coefficient (Wildman–Crippen LogP) is 5.91. The van der Waals surface area contributed by atoms with Gasteiger partial charge in [0.1, 0.15) is 6.10 Å². The Kier molecular flexibility index (Phi) is 4.07. The molecule has 5 aliphatic carbocycles. The molecule has 0 amide bonds. The lowest BCUT2D eigenvalue weighted by molar-refractivity contribution is -0.159. The van der Waals surface area contributed by atoms with Crippen LogP contribution in [0.3, 0.4) is 0 Å². The Balaban J connectivity index is 1.38. The third-order valence-electron chi connectivity index (χ3n) is 9.82. The van der Waals surface area contributed by atoms with Gasteiger partial charge in [-0.3, -0.25) is 4.79 Å². The van der Waals surface area contributed by atoms with Crippen LogP contribution < -0.4 is 0 Å². The molecule has 0 bridgehead atoms. The molecule has 1 unspecified atom stereocenters. The number of carbonyl (C=O) groups is 1. The van der Waals surface area contributed by atoms with Crippen molar-refractivity contribution in [3.63, 3.8) is 0 Å². The molecule has 144 valence electrons. The maximum atomic E-state index is 11.4. The molecular formula is C24H36O2. The summed E-state index contributed by atoms with van der Waals surface area (Å²) < 4.78 is 5.61. The molecule has 0 aliphatic heterocycles. The summed E-state index contributed by atoms with van der Waals surface area (Å²) in [6.45, 7) is 4.18. The first-order valence-electron chi connectivity index (χ1n) is 11.4. The second-order valence-corrected chi connectivity index (χ2v) is 10.6. The SMILES string of the molecule is CC(=O)O[C@@H]1CC[C@@]2(C)[C@@H](CC[C@H]3[C@@H]4CC[C@@H]5CCC=CC54CC[C@@H]32)C1. The van der Waals surface area contributed by atoms with Crippen LogP contribution in [0, 0.1) is 40.4 Å². The molecule has 0 aromatic rings. The highest BCUT2D eigenvalue weighted by Gasteiger charge is 2.61. The van der Waals surface area contributed by atoms with Crippen molar-refractivity contribution in [1.29, 1.82) is 0 Å². The van der Waals surface area contributed by atoms with Crippen LogP contribution >= 0.6 is 0 Å². The average Bonchev–Trinajstić information content (AvgIpc) is 3.01. The van der Waals surface area contributed by atoms with Crippen molar-refractivity contribution >= 4 is 5.97 Å². The van der Waals surface area contributed by atoms with Gasteiger partial charge >= 0.3 is 5.97 Å². The van der Waals surface area contributed by atoms with E-state index in [9.17, 15) is 4.79 Å². The molecule has 5 aliphatic rings. The molecule has 0 aromatic heterocycles. The minimum absolute atomic E-state index is 0.0898. The number of ether oxygens (including phenoxy) is 1. The summed E-state index contributed by atoms with van der Waals surface area (Å²) in [4.78, 5) is 11.4. The third kappa shape index (κ3) is 2.39. The number of fused-ring (bicyclic) bond motifs is 4. The number of allylic oxidation sites excluding steroid dienone is 2. The first kappa shape index (κ1) is 17.3. The first-order chi connectivity index (χ1) is 12.5. The number of rotatable bonds is 1. The van der Waals surface area contributed by atoms with E-state index in [0.29, 0.717) is 10.8 Å². The van der Waals surface area contributed by atoms with E-state index in [1.165, 1.54) is 57.8 Å². The monoisotopic (exact) mass is 356 g/mol. The molecular weight excluding hydrogens is 320 g/mol. The zero-order chi connectivity index (χ0) is 17.9. The van der Waals surface area contributed by atoms with E-state index in [1.54, 1.807) is 6.92 Å². The van der Waals surface area contributed by atoms with Crippen molar-refractivity contribution in [2.75, 3.05) is 0 Å². The van der Waals surface area contributed by atoms with Crippen molar-refractivity contribution in [2.45, 2.75) is 90.6 Å².